The molecule has 0 unspecified atom stereocenters. The first-order valence-corrected chi connectivity index (χ1v) is 5.55. The number of nitrogens with one attached hydrogen (secondary N) is 1. The van der Waals surface area contributed by atoms with Crippen molar-refractivity contribution in [1.82, 2.24) is 5.43 Å². The van der Waals surface area contributed by atoms with Gasteiger partial charge in [0.15, 0.2) is 11.5 Å². The Morgan fingerprint density at radius 3 is 2.89 bits per heavy atom. The third-order valence-corrected chi connectivity index (χ3v) is 2.21. The van der Waals surface area contributed by atoms with Crippen molar-refractivity contribution in [3.8, 4) is 11.5 Å². The molecule has 0 atom stereocenters. The number of nitrogens with two attached hydrogens (primary N) is 1. The van der Waals surface area contributed by atoms with Crippen LogP contribution in [0, 0.1) is 0 Å². The molecule has 0 aliphatic heterocycles. The minimum Gasteiger partial charge on any atom is -0.493 e. The molecule has 0 aliphatic carbocycles. The topological polar surface area (TPSA) is 85.9 Å². The van der Waals surface area contributed by atoms with Crippen LogP contribution in [0.25, 0.3) is 0 Å². The number of carbonyl (C=O) groups excluding carboxylic acids is 1. The second-order valence-electron chi connectivity index (χ2n) is 3.20. The molecule has 7 heteroatoms. The van der Waals surface area contributed by atoms with E-state index in [2.05, 4.69) is 10.5 Å². The predicted octanol–water partition coefficient (Wildman–Crippen LogP) is 1.75. The van der Waals surface area contributed by atoms with E-state index in [0.29, 0.717) is 28.7 Å². The van der Waals surface area contributed by atoms with Gasteiger partial charge in [0.25, 0.3) is 0 Å². The van der Waals surface area contributed by atoms with Gasteiger partial charge in [-0.15, -0.1) is 0 Å². The van der Waals surface area contributed by atoms with E-state index in [4.69, 9.17) is 26.8 Å². The Balaban J connectivity index is 2.99. The second-order valence-corrected chi connectivity index (χ2v) is 3.61. The lowest BCUT2D eigenvalue weighted by Crippen LogP contribution is -2.24. The molecule has 0 aliphatic rings. The second kappa shape index (κ2) is 6.70. The number of methoxy groups -OCH3 is 1. The number of halogens is 1. The molecule has 0 aromatic heterocycles. The van der Waals surface area contributed by atoms with Gasteiger partial charge in [-0.2, -0.15) is 5.10 Å². The SMILES string of the molecule is CCOc1c(Cl)cc(/C=N/NC(N)=O)cc1OC. The number of primary amides is 1. The molecule has 18 heavy (non-hydrogen) atoms. The van der Waals surface area contributed by atoms with Crippen molar-refractivity contribution in [2.24, 2.45) is 10.8 Å². The summed E-state index contributed by atoms with van der Waals surface area (Å²) in [4.78, 5) is 10.4. The average Bonchev–Trinajstić information content (AvgIpc) is 2.31. The van der Waals surface area contributed by atoms with Crippen molar-refractivity contribution >= 4 is 23.8 Å². The van der Waals surface area contributed by atoms with Crippen LogP contribution >= 0.6 is 11.6 Å². The summed E-state index contributed by atoms with van der Waals surface area (Å²) in [6, 6.07) is 2.58. The van der Waals surface area contributed by atoms with E-state index in [-0.39, 0.29) is 0 Å². The van der Waals surface area contributed by atoms with Crippen LogP contribution in [0.4, 0.5) is 4.79 Å². The van der Waals surface area contributed by atoms with Gasteiger partial charge in [0.1, 0.15) is 0 Å². The Morgan fingerprint density at radius 2 is 2.33 bits per heavy atom. The maximum Gasteiger partial charge on any atom is 0.332 e. The number of benzene rings is 1. The Labute approximate surface area is 110 Å². The number of carbonyl (C=O) groups is 1. The van der Waals surface area contributed by atoms with Gasteiger partial charge >= 0.3 is 6.03 Å². The fourth-order valence-electron chi connectivity index (χ4n) is 1.27. The third-order valence-electron chi connectivity index (χ3n) is 1.93. The summed E-state index contributed by atoms with van der Waals surface area (Å²) in [7, 11) is 1.51. The number of hydrogen-bond acceptors (Lipinski definition) is 4. The highest BCUT2D eigenvalue weighted by atomic mass is 35.5. The van der Waals surface area contributed by atoms with Gasteiger partial charge in [0.05, 0.1) is 25.0 Å². The Kier molecular flexibility index (Phi) is 5.26. The van der Waals surface area contributed by atoms with Gasteiger partial charge < -0.3 is 15.2 Å². The lowest BCUT2D eigenvalue weighted by Gasteiger charge is -2.11. The number of hydrogen-bond donors (Lipinski definition) is 2. The number of urea groups is 1. The fraction of sp³-hybridized carbons (Fsp3) is 0.273. The molecule has 0 spiro atoms. The van der Waals surface area contributed by atoms with E-state index in [0.717, 1.165) is 0 Å². The number of hydrazone groups is 1. The largest absolute Gasteiger partial charge is 0.493 e. The maximum absolute atomic E-state index is 10.4. The van der Waals surface area contributed by atoms with Crippen molar-refractivity contribution in [2.45, 2.75) is 6.92 Å². The summed E-state index contributed by atoms with van der Waals surface area (Å²) in [5, 5.41) is 4.03. The highest BCUT2D eigenvalue weighted by Crippen LogP contribution is 2.35. The van der Waals surface area contributed by atoms with Crippen LogP contribution in [0.1, 0.15) is 12.5 Å². The minimum atomic E-state index is -0.741. The van der Waals surface area contributed by atoms with Crippen LogP contribution < -0.4 is 20.6 Å². The molecular formula is C11H14ClN3O3. The highest BCUT2D eigenvalue weighted by molar-refractivity contribution is 6.32. The standard InChI is InChI=1S/C11H14ClN3O3/c1-3-18-10-8(12)4-7(5-9(10)17-2)6-14-15-11(13)16/h4-6H,3H2,1-2H3,(H3,13,15,16)/b14-6+. The van der Waals surface area contributed by atoms with E-state index >= 15 is 0 Å². The van der Waals surface area contributed by atoms with Crippen molar-refractivity contribution in [1.29, 1.82) is 0 Å². The van der Waals surface area contributed by atoms with E-state index < -0.39 is 6.03 Å². The monoisotopic (exact) mass is 271 g/mol. The number of ether oxygens (including phenoxy) is 2. The third kappa shape index (κ3) is 3.81. The van der Waals surface area contributed by atoms with E-state index in [9.17, 15) is 4.79 Å². The van der Waals surface area contributed by atoms with Crippen LogP contribution in [0.5, 0.6) is 11.5 Å². The molecule has 0 bridgehead atoms. The summed E-state index contributed by atoms with van der Waals surface area (Å²) in [6.45, 7) is 2.33. The average molecular weight is 272 g/mol. The molecule has 0 heterocycles. The van der Waals surface area contributed by atoms with Gasteiger partial charge in [0.2, 0.25) is 0 Å². The van der Waals surface area contributed by atoms with E-state index in [1.807, 2.05) is 6.92 Å². The summed E-state index contributed by atoms with van der Waals surface area (Å²) in [5.74, 6) is 0.964. The van der Waals surface area contributed by atoms with Crippen LogP contribution in [-0.4, -0.2) is 26.0 Å². The molecule has 1 aromatic carbocycles. The lowest BCUT2D eigenvalue weighted by molar-refractivity contribution is 0.249. The quantitative estimate of drug-likeness (QED) is 0.632. The van der Waals surface area contributed by atoms with Crippen molar-refractivity contribution in [2.75, 3.05) is 13.7 Å². The first kappa shape index (κ1) is 14.1. The predicted molar refractivity (Wildman–Crippen MR) is 69.5 cm³/mol. The normalized spacial score (nSPS) is 10.4. The van der Waals surface area contributed by atoms with Gasteiger partial charge in [-0.05, 0) is 24.6 Å². The van der Waals surface area contributed by atoms with E-state index in [1.54, 1.807) is 12.1 Å². The van der Waals surface area contributed by atoms with Gasteiger partial charge in [0, 0.05) is 0 Å². The maximum atomic E-state index is 10.4. The molecule has 0 radical (unpaired) electrons. The van der Waals surface area contributed by atoms with Crippen LogP contribution in [0.2, 0.25) is 5.02 Å². The highest BCUT2D eigenvalue weighted by Gasteiger charge is 2.10. The van der Waals surface area contributed by atoms with Crippen molar-refractivity contribution in [3.63, 3.8) is 0 Å². The summed E-state index contributed by atoms with van der Waals surface area (Å²) in [6.07, 6.45) is 1.40. The molecule has 1 aromatic rings. The zero-order valence-electron chi connectivity index (χ0n) is 10.1. The first-order valence-electron chi connectivity index (χ1n) is 5.17. The fourth-order valence-corrected chi connectivity index (χ4v) is 1.54. The molecule has 98 valence electrons. The Bertz CT molecular complexity index is 463. The molecule has 0 saturated carbocycles. The summed E-state index contributed by atoms with van der Waals surface area (Å²) >= 11 is 6.05. The number of rotatable bonds is 5. The van der Waals surface area contributed by atoms with Gasteiger partial charge in [-0.3, -0.25) is 0 Å². The van der Waals surface area contributed by atoms with Crippen LogP contribution in [0.3, 0.4) is 0 Å². The number of amides is 2. The zero-order valence-corrected chi connectivity index (χ0v) is 10.8. The molecule has 2 amide bonds. The molecule has 0 saturated heterocycles. The first-order chi connectivity index (χ1) is 8.58. The van der Waals surface area contributed by atoms with Gasteiger partial charge in [-0.25, -0.2) is 10.2 Å². The van der Waals surface area contributed by atoms with Gasteiger partial charge in [-0.1, -0.05) is 11.6 Å². The molecule has 6 nitrogen and oxygen atoms in total. The van der Waals surface area contributed by atoms with Crippen LogP contribution in [0.15, 0.2) is 17.2 Å². The smallest absolute Gasteiger partial charge is 0.332 e. The number of nitrogens with zero attached hydrogens (tertiary/aromatic N) is 1. The lowest BCUT2D eigenvalue weighted by atomic mass is 10.2. The molecule has 0 fully saturated rings. The molecular weight excluding hydrogens is 258 g/mol. The minimum absolute atomic E-state index is 0.400. The molecule has 1 rings (SSSR count). The van der Waals surface area contributed by atoms with Crippen LogP contribution in [-0.2, 0) is 0 Å². The zero-order chi connectivity index (χ0) is 13.5. The summed E-state index contributed by atoms with van der Waals surface area (Å²) in [5.41, 5.74) is 7.60. The molecule has 3 N–H and O–H groups in total. The van der Waals surface area contributed by atoms with Crippen molar-refractivity contribution < 1.29 is 14.3 Å². The van der Waals surface area contributed by atoms with Crippen molar-refractivity contribution in [3.05, 3.63) is 22.7 Å². The summed E-state index contributed by atoms with van der Waals surface area (Å²) < 4.78 is 10.5. The Hall–Kier alpha value is -1.95. The van der Waals surface area contributed by atoms with E-state index in [1.165, 1.54) is 13.3 Å². The Morgan fingerprint density at radius 1 is 1.61 bits per heavy atom.